The molecular formula is C13H18N2O3. The minimum absolute atomic E-state index is 0.0118. The second kappa shape index (κ2) is 4.94. The molecule has 98 valence electrons. The first kappa shape index (κ1) is 12.8. The van der Waals surface area contributed by atoms with Crippen molar-refractivity contribution < 1.29 is 14.3 Å². The lowest BCUT2D eigenvalue weighted by atomic mass is 10.1. The van der Waals surface area contributed by atoms with E-state index < -0.39 is 0 Å². The molecule has 5 nitrogen and oxygen atoms in total. The molecule has 1 aromatic heterocycles. The second-order valence-corrected chi connectivity index (χ2v) is 4.59. The maximum Gasteiger partial charge on any atom is 0.270 e. The summed E-state index contributed by atoms with van der Waals surface area (Å²) in [5.41, 5.74) is 2.67. The normalized spacial score (nSPS) is 15.8. The van der Waals surface area contributed by atoms with Crippen molar-refractivity contribution in [2.45, 2.75) is 20.8 Å². The van der Waals surface area contributed by atoms with E-state index in [9.17, 15) is 9.59 Å². The van der Waals surface area contributed by atoms with Crippen molar-refractivity contribution in [3.05, 3.63) is 22.5 Å². The summed E-state index contributed by atoms with van der Waals surface area (Å²) in [6.45, 7) is 7.51. The number of aromatic amines is 1. The number of hydrogen-bond acceptors (Lipinski definition) is 3. The number of carbonyl (C=O) groups excluding carboxylic acids is 2. The number of ketones is 1. The van der Waals surface area contributed by atoms with Gasteiger partial charge in [0, 0.05) is 24.3 Å². The molecule has 0 radical (unpaired) electrons. The third kappa shape index (κ3) is 2.18. The van der Waals surface area contributed by atoms with Crippen LogP contribution < -0.4 is 0 Å². The molecule has 1 fully saturated rings. The third-order valence-electron chi connectivity index (χ3n) is 3.30. The number of aromatic nitrogens is 1. The first-order valence-corrected chi connectivity index (χ1v) is 6.09. The van der Waals surface area contributed by atoms with Crippen LogP contribution in [0.2, 0.25) is 0 Å². The zero-order valence-corrected chi connectivity index (χ0v) is 11.0. The SMILES string of the molecule is CC(=O)c1c(C)[nH]c(C(=O)N2CCOCC2)c1C. The maximum atomic E-state index is 12.3. The largest absolute Gasteiger partial charge is 0.378 e. The van der Waals surface area contributed by atoms with Crippen LogP contribution in [-0.2, 0) is 4.74 Å². The van der Waals surface area contributed by atoms with Crippen LogP contribution in [0.3, 0.4) is 0 Å². The van der Waals surface area contributed by atoms with Crippen molar-refractivity contribution in [3.63, 3.8) is 0 Å². The number of nitrogens with one attached hydrogen (secondary N) is 1. The van der Waals surface area contributed by atoms with Gasteiger partial charge in [-0.25, -0.2) is 0 Å². The second-order valence-electron chi connectivity index (χ2n) is 4.59. The van der Waals surface area contributed by atoms with Gasteiger partial charge in [0.15, 0.2) is 5.78 Å². The van der Waals surface area contributed by atoms with Crippen LogP contribution in [0.25, 0.3) is 0 Å². The fourth-order valence-corrected chi connectivity index (χ4v) is 2.42. The number of morpholine rings is 1. The van der Waals surface area contributed by atoms with E-state index in [4.69, 9.17) is 4.74 Å². The lowest BCUT2D eigenvalue weighted by Crippen LogP contribution is -2.41. The van der Waals surface area contributed by atoms with Gasteiger partial charge in [0.25, 0.3) is 5.91 Å². The number of rotatable bonds is 2. The van der Waals surface area contributed by atoms with Crippen LogP contribution in [0, 0.1) is 13.8 Å². The minimum Gasteiger partial charge on any atom is -0.378 e. The highest BCUT2D eigenvalue weighted by molar-refractivity contribution is 6.02. The average molecular weight is 250 g/mol. The smallest absolute Gasteiger partial charge is 0.270 e. The standard InChI is InChI=1S/C13H18N2O3/c1-8-11(10(3)16)9(2)14-12(8)13(17)15-4-6-18-7-5-15/h14H,4-7H2,1-3H3. The molecular weight excluding hydrogens is 232 g/mol. The summed E-state index contributed by atoms with van der Waals surface area (Å²) in [6, 6.07) is 0. The Bertz CT molecular complexity index is 485. The van der Waals surface area contributed by atoms with Gasteiger partial charge in [-0.2, -0.15) is 0 Å². The first-order chi connectivity index (χ1) is 8.52. The van der Waals surface area contributed by atoms with E-state index in [0.29, 0.717) is 37.6 Å². The summed E-state index contributed by atoms with van der Waals surface area (Å²) in [5.74, 6) is -0.0614. The minimum atomic E-state index is -0.0496. The molecule has 1 N–H and O–H groups in total. The Kier molecular flexibility index (Phi) is 3.52. The molecule has 1 aromatic rings. The van der Waals surface area contributed by atoms with Crippen LogP contribution in [-0.4, -0.2) is 47.9 Å². The number of H-pyrrole nitrogens is 1. The fourth-order valence-electron chi connectivity index (χ4n) is 2.42. The van der Waals surface area contributed by atoms with Crippen LogP contribution in [0.15, 0.2) is 0 Å². The summed E-state index contributed by atoms with van der Waals surface area (Å²) in [7, 11) is 0. The Morgan fingerprint density at radius 3 is 2.33 bits per heavy atom. The Balaban J connectivity index is 2.30. The average Bonchev–Trinajstić information content (AvgIpc) is 2.65. The number of Topliss-reactive ketones (excluding diaryl/α,β-unsaturated/α-hetero) is 1. The molecule has 0 aromatic carbocycles. The maximum absolute atomic E-state index is 12.3. The van der Waals surface area contributed by atoms with Gasteiger partial charge in [-0.3, -0.25) is 9.59 Å². The molecule has 0 atom stereocenters. The van der Waals surface area contributed by atoms with Gasteiger partial charge in [0.1, 0.15) is 5.69 Å². The van der Waals surface area contributed by atoms with Crippen LogP contribution >= 0.6 is 0 Å². The van der Waals surface area contributed by atoms with E-state index in [1.54, 1.807) is 4.90 Å². The summed E-state index contributed by atoms with van der Waals surface area (Å²) in [5, 5.41) is 0. The van der Waals surface area contributed by atoms with Crippen molar-refractivity contribution in [2.75, 3.05) is 26.3 Å². The Morgan fingerprint density at radius 1 is 1.22 bits per heavy atom. The Hall–Kier alpha value is -1.62. The Morgan fingerprint density at radius 2 is 1.83 bits per heavy atom. The van der Waals surface area contributed by atoms with Gasteiger partial charge in [0.05, 0.1) is 13.2 Å². The van der Waals surface area contributed by atoms with Gasteiger partial charge in [-0.15, -0.1) is 0 Å². The summed E-state index contributed by atoms with van der Waals surface area (Å²) in [4.78, 5) is 28.7. The molecule has 0 aliphatic carbocycles. The third-order valence-corrected chi connectivity index (χ3v) is 3.30. The number of aryl methyl sites for hydroxylation is 1. The summed E-state index contributed by atoms with van der Waals surface area (Å²) in [6.07, 6.45) is 0. The number of hydrogen-bond donors (Lipinski definition) is 1. The lowest BCUT2D eigenvalue weighted by molar-refractivity contribution is 0.0299. The highest BCUT2D eigenvalue weighted by atomic mass is 16.5. The van der Waals surface area contributed by atoms with E-state index in [2.05, 4.69) is 4.98 Å². The van der Waals surface area contributed by atoms with Gasteiger partial charge >= 0.3 is 0 Å². The number of ether oxygens (including phenoxy) is 1. The molecule has 0 spiro atoms. The molecule has 18 heavy (non-hydrogen) atoms. The molecule has 5 heteroatoms. The zero-order chi connectivity index (χ0) is 13.3. The van der Waals surface area contributed by atoms with Crippen LogP contribution in [0.5, 0.6) is 0 Å². The number of amides is 1. The van der Waals surface area contributed by atoms with Gasteiger partial charge in [-0.1, -0.05) is 0 Å². The highest BCUT2D eigenvalue weighted by Crippen LogP contribution is 2.20. The quantitative estimate of drug-likeness (QED) is 0.805. The summed E-state index contributed by atoms with van der Waals surface area (Å²) < 4.78 is 5.22. The van der Waals surface area contributed by atoms with Crippen molar-refractivity contribution in [3.8, 4) is 0 Å². The molecule has 0 unspecified atom stereocenters. The molecule has 2 rings (SSSR count). The van der Waals surface area contributed by atoms with E-state index in [-0.39, 0.29) is 11.7 Å². The molecule has 1 aliphatic rings. The van der Waals surface area contributed by atoms with Gasteiger partial charge in [-0.05, 0) is 26.3 Å². The van der Waals surface area contributed by atoms with Gasteiger partial charge in [0.2, 0.25) is 0 Å². The van der Waals surface area contributed by atoms with Crippen molar-refractivity contribution in [2.24, 2.45) is 0 Å². The molecule has 1 aliphatic heterocycles. The first-order valence-electron chi connectivity index (χ1n) is 6.09. The predicted molar refractivity (Wildman–Crippen MR) is 67.0 cm³/mol. The van der Waals surface area contributed by atoms with E-state index in [1.165, 1.54) is 6.92 Å². The topological polar surface area (TPSA) is 62.4 Å². The molecule has 1 amide bonds. The lowest BCUT2D eigenvalue weighted by Gasteiger charge is -2.26. The Labute approximate surface area is 106 Å². The molecule has 2 heterocycles. The number of nitrogens with zero attached hydrogens (tertiary/aromatic N) is 1. The van der Waals surface area contributed by atoms with Gasteiger partial charge < -0.3 is 14.6 Å². The fraction of sp³-hybridized carbons (Fsp3) is 0.538. The predicted octanol–water partition coefficient (Wildman–Crippen LogP) is 1.31. The molecule has 1 saturated heterocycles. The van der Waals surface area contributed by atoms with E-state index in [1.807, 2.05) is 13.8 Å². The van der Waals surface area contributed by atoms with Crippen molar-refractivity contribution in [1.82, 2.24) is 9.88 Å². The van der Waals surface area contributed by atoms with E-state index in [0.717, 1.165) is 11.3 Å². The molecule has 0 saturated carbocycles. The number of carbonyl (C=O) groups is 2. The van der Waals surface area contributed by atoms with Crippen LogP contribution in [0.1, 0.15) is 39.0 Å². The highest BCUT2D eigenvalue weighted by Gasteiger charge is 2.24. The summed E-state index contributed by atoms with van der Waals surface area (Å²) >= 11 is 0. The van der Waals surface area contributed by atoms with E-state index >= 15 is 0 Å². The molecule has 0 bridgehead atoms. The van der Waals surface area contributed by atoms with Crippen LogP contribution in [0.4, 0.5) is 0 Å². The van der Waals surface area contributed by atoms with Crippen molar-refractivity contribution in [1.29, 1.82) is 0 Å². The zero-order valence-electron chi connectivity index (χ0n) is 11.0. The van der Waals surface area contributed by atoms with Crippen molar-refractivity contribution >= 4 is 11.7 Å². The monoisotopic (exact) mass is 250 g/mol.